The van der Waals surface area contributed by atoms with Gasteiger partial charge >= 0.3 is 0 Å². The number of aromatic nitrogens is 2. The number of hydrogen-bond donors (Lipinski definition) is 0. The molecule has 0 N–H and O–H groups in total. The molecule has 1 heterocycles. The second-order valence-corrected chi connectivity index (χ2v) is 6.40. The minimum Gasteiger partial charge on any atom is -0.259 e. The van der Waals surface area contributed by atoms with Crippen LogP contribution in [0.1, 0.15) is 11.3 Å². The highest BCUT2D eigenvalue weighted by Crippen LogP contribution is 2.12. The highest BCUT2D eigenvalue weighted by atomic mass is 32.2. The largest absolute Gasteiger partial charge is 0.259 e. The van der Waals surface area contributed by atoms with Crippen molar-refractivity contribution in [2.75, 3.05) is 0 Å². The Kier molecular flexibility index (Phi) is 4.44. The Bertz CT molecular complexity index is 786. The molecule has 22 heavy (non-hydrogen) atoms. The maximum absolute atomic E-state index is 13.2. The molecule has 0 aliphatic carbocycles. The molecule has 3 nitrogen and oxygen atoms in total. The molecule has 112 valence electrons. The number of rotatable bonds is 5. The van der Waals surface area contributed by atoms with Gasteiger partial charge in [-0.05, 0) is 29.8 Å². The summed E-state index contributed by atoms with van der Waals surface area (Å²) in [4.78, 5) is 0. The molecule has 0 saturated heterocycles. The quantitative estimate of drug-likeness (QED) is 0.723. The zero-order chi connectivity index (χ0) is 15.4. The van der Waals surface area contributed by atoms with Crippen LogP contribution >= 0.6 is 0 Å². The summed E-state index contributed by atoms with van der Waals surface area (Å²) in [5.41, 5.74) is 2.43. The van der Waals surface area contributed by atoms with Crippen molar-refractivity contribution in [3.8, 4) is 5.69 Å². The Balaban J connectivity index is 1.68. The topological polar surface area (TPSA) is 34.9 Å². The minimum absolute atomic E-state index is 0.304. The summed E-state index contributed by atoms with van der Waals surface area (Å²) < 4.78 is 27.0. The summed E-state index contributed by atoms with van der Waals surface area (Å²) in [6.45, 7) is 0. The van der Waals surface area contributed by atoms with Crippen LogP contribution in [0.3, 0.4) is 0 Å². The maximum Gasteiger partial charge on any atom is 0.125 e. The van der Waals surface area contributed by atoms with Crippen LogP contribution in [0.2, 0.25) is 0 Å². The van der Waals surface area contributed by atoms with Crippen LogP contribution < -0.4 is 0 Å². The van der Waals surface area contributed by atoms with E-state index in [0.717, 1.165) is 11.3 Å². The predicted molar refractivity (Wildman–Crippen MR) is 85.5 cm³/mol. The monoisotopic (exact) mass is 314 g/mol. The zero-order valence-corrected chi connectivity index (χ0v) is 12.7. The minimum atomic E-state index is -1.02. The Morgan fingerprint density at radius 3 is 2.59 bits per heavy atom. The Morgan fingerprint density at radius 2 is 1.82 bits per heavy atom. The predicted octanol–water partition coefficient (Wildman–Crippen LogP) is 3.46. The summed E-state index contributed by atoms with van der Waals surface area (Å²) in [6, 6.07) is 17.8. The van der Waals surface area contributed by atoms with Gasteiger partial charge < -0.3 is 0 Å². The summed E-state index contributed by atoms with van der Waals surface area (Å²) in [7, 11) is -1.02. The van der Waals surface area contributed by atoms with Gasteiger partial charge in [0, 0.05) is 22.7 Å². The molecular formula is C17H15FN2OS. The van der Waals surface area contributed by atoms with Crippen molar-refractivity contribution in [1.82, 2.24) is 9.78 Å². The van der Waals surface area contributed by atoms with Crippen molar-refractivity contribution in [3.63, 3.8) is 0 Å². The Labute approximate surface area is 130 Å². The lowest BCUT2D eigenvalue weighted by atomic mass is 10.2. The molecule has 0 bridgehead atoms. The molecule has 0 spiro atoms. The van der Waals surface area contributed by atoms with Gasteiger partial charge in [-0.25, -0.2) is 9.07 Å². The number of hydrogen-bond acceptors (Lipinski definition) is 2. The third kappa shape index (κ3) is 3.68. The Hall–Kier alpha value is -2.27. The van der Waals surface area contributed by atoms with Crippen LogP contribution in [0.5, 0.6) is 0 Å². The van der Waals surface area contributed by atoms with E-state index >= 15 is 0 Å². The zero-order valence-electron chi connectivity index (χ0n) is 11.9. The van der Waals surface area contributed by atoms with Gasteiger partial charge in [-0.2, -0.15) is 5.10 Å². The second kappa shape index (κ2) is 6.66. The lowest BCUT2D eigenvalue weighted by molar-refractivity contribution is 0.625. The van der Waals surface area contributed by atoms with E-state index in [1.165, 1.54) is 12.1 Å². The number of benzene rings is 2. The standard InChI is InChI=1S/C17H15FN2OS/c18-15-7-4-8-17(11-15)20-10-9-16(19-20)13-22(21)12-14-5-2-1-3-6-14/h1-11H,12-13H2/t22-/m0/s1. The normalized spacial score (nSPS) is 12.2. The summed E-state index contributed by atoms with van der Waals surface area (Å²) in [5, 5.41) is 4.36. The first-order chi connectivity index (χ1) is 10.7. The van der Waals surface area contributed by atoms with E-state index in [9.17, 15) is 8.60 Å². The van der Waals surface area contributed by atoms with E-state index in [4.69, 9.17) is 0 Å². The fraction of sp³-hybridized carbons (Fsp3) is 0.118. The van der Waals surface area contributed by atoms with Crippen LogP contribution in [0.15, 0.2) is 66.9 Å². The average molecular weight is 314 g/mol. The van der Waals surface area contributed by atoms with Crippen LogP contribution in [-0.4, -0.2) is 14.0 Å². The molecule has 2 aromatic carbocycles. The van der Waals surface area contributed by atoms with Gasteiger partial charge in [0.2, 0.25) is 0 Å². The SMILES string of the molecule is O=[S@@](Cc1ccccc1)Cc1ccn(-c2cccc(F)c2)n1. The second-order valence-electron chi connectivity index (χ2n) is 4.95. The Morgan fingerprint density at radius 1 is 1.00 bits per heavy atom. The summed E-state index contributed by atoms with van der Waals surface area (Å²) >= 11 is 0. The lowest BCUT2D eigenvalue weighted by Gasteiger charge is -2.02. The third-order valence-electron chi connectivity index (χ3n) is 3.20. The van der Waals surface area contributed by atoms with Crippen LogP contribution in [-0.2, 0) is 22.3 Å². The van der Waals surface area contributed by atoms with Gasteiger partial charge in [-0.3, -0.25) is 4.21 Å². The fourth-order valence-corrected chi connectivity index (χ4v) is 3.33. The smallest absolute Gasteiger partial charge is 0.125 e. The van der Waals surface area contributed by atoms with E-state index in [1.54, 1.807) is 23.0 Å². The van der Waals surface area contributed by atoms with Crippen molar-refractivity contribution in [1.29, 1.82) is 0 Å². The van der Waals surface area contributed by atoms with Gasteiger partial charge in [-0.1, -0.05) is 36.4 Å². The van der Waals surface area contributed by atoms with Crippen molar-refractivity contribution < 1.29 is 8.60 Å². The van der Waals surface area contributed by atoms with E-state index in [-0.39, 0.29) is 5.82 Å². The molecule has 0 fully saturated rings. The van der Waals surface area contributed by atoms with Crippen molar-refractivity contribution in [3.05, 3.63) is 83.9 Å². The van der Waals surface area contributed by atoms with Gasteiger partial charge in [0.15, 0.2) is 0 Å². The van der Waals surface area contributed by atoms with E-state index < -0.39 is 10.8 Å². The molecule has 1 aromatic heterocycles. The van der Waals surface area contributed by atoms with Gasteiger partial charge in [-0.15, -0.1) is 0 Å². The third-order valence-corrected chi connectivity index (χ3v) is 4.47. The molecule has 0 aliphatic heterocycles. The van der Waals surface area contributed by atoms with E-state index in [0.29, 0.717) is 17.2 Å². The van der Waals surface area contributed by atoms with Crippen LogP contribution in [0.4, 0.5) is 4.39 Å². The van der Waals surface area contributed by atoms with Gasteiger partial charge in [0.25, 0.3) is 0 Å². The highest BCUT2D eigenvalue weighted by Gasteiger charge is 2.07. The van der Waals surface area contributed by atoms with Crippen molar-refractivity contribution in [2.45, 2.75) is 11.5 Å². The molecule has 0 radical (unpaired) electrons. The molecule has 5 heteroatoms. The van der Waals surface area contributed by atoms with E-state index in [2.05, 4.69) is 5.10 Å². The lowest BCUT2D eigenvalue weighted by Crippen LogP contribution is -2.02. The summed E-state index contributed by atoms with van der Waals surface area (Å²) in [5.74, 6) is 0.590. The average Bonchev–Trinajstić information content (AvgIpc) is 2.96. The molecule has 3 aromatic rings. The first kappa shape index (κ1) is 14.7. The molecule has 0 aliphatic rings. The molecule has 0 saturated carbocycles. The molecule has 3 rings (SSSR count). The molecule has 0 unspecified atom stereocenters. The van der Waals surface area contributed by atoms with Crippen molar-refractivity contribution in [2.24, 2.45) is 0 Å². The van der Waals surface area contributed by atoms with Gasteiger partial charge in [0.05, 0.1) is 17.1 Å². The first-order valence-corrected chi connectivity index (χ1v) is 8.39. The van der Waals surface area contributed by atoms with E-state index in [1.807, 2.05) is 36.4 Å². The molecule has 0 amide bonds. The molecular weight excluding hydrogens is 299 g/mol. The number of nitrogens with zero attached hydrogens (tertiary/aromatic N) is 2. The first-order valence-electron chi connectivity index (χ1n) is 6.90. The highest BCUT2D eigenvalue weighted by molar-refractivity contribution is 7.83. The fourth-order valence-electron chi connectivity index (χ4n) is 2.18. The van der Waals surface area contributed by atoms with Crippen LogP contribution in [0.25, 0.3) is 5.69 Å². The molecule has 1 atom stereocenters. The number of halogens is 1. The summed E-state index contributed by atoms with van der Waals surface area (Å²) in [6.07, 6.45) is 1.75. The van der Waals surface area contributed by atoms with Crippen LogP contribution in [0, 0.1) is 5.82 Å². The maximum atomic E-state index is 13.2. The van der Waals surface area contributed by atoms with Crippen molar-refractivity contribution >= 4 is 10.8 Å². The van der Waals surface area contributed by atoms with Gasteiger partial charge in [0.1, 0.15) is 5.82 Å².